The third-order valence-electron chi connectivity index (χ3n) is 1.52. The summed E-state index contributed by atoms with van der Waals surface area (Å²) < 4.78 is 11.4. The Morgan fingerprint density at radius 2 is 2.14 bits per heavy atom. The first-order chi connectivity index (χ1) is 6.84. The number of ether oxygens (including phenoxy) is 1. The van der Waals surface area contributed by atoms with E-state index in [1.54, 1.807) is 18.7 Å². The van der Waals surface area contributed by atoms with Crippen molar-refractivity contribution >= 4 is 22.6 Å². The molecule has 0 spiro atoms. The molecular weight excluding hydrogens is 295 g/mol. The maximum Gasteiger partial charge on any atom is 0.316 e. The van der Waals surface area contributed by atoms with E-state index >= 15 is 0 Å². The predicted molar refractivity (Wildman–Crippen MR) is 57.8 cm³/mol. The van der Waals surface area contributed by atoms with Crippen LogP contribution in [-0.4, -0.2) is 9.97 Å². The van der Waals surface area contributed by atoms with E-state index in [1.165, 1.54) is 0 Å². The van der Waals surface area contributed by atoms with Crippen LogP contribution in [0, 0.1) is 3.57 Å². The molecule has 2 aromatic rings. The van der Waals surface area contributed by atoms with Gasteiger partial charge in [-0.3, -0.25) is 0 Å². The Hall–Kier alpha value is -1.11. The van der Waals surface area contributed by atoms with Gasteiger partial charge in [-0.1, -0.05) is 0 Å². The first-order valence-electron chi connectivity index (χ1n) is 3.97. The second-order valence-electron chi connectivity index (χ2n) is 2.55. The molecule has 0 saturated heterocycles. The van der Waals surface area contributed by atoms with Crippen LogP contribution in [0.4, 0.5) is 0 Å². The Bertz CT molecular complexity index is 386. The molecule has 2 aromatic heterocycles. The zero-order valence-corrected chi connectivity index (χ0v) is 9.34. The second-order valence-corrected chi connectivity index (χ2v) is 3.80. The topological polar surface area (TPSA) is 48.2 Å². The van der Waals surface area contributed by atoms with E-state index in [0.717, 1.165) is 9.33 Å². The summed E-state index contributed by atoms with van der Waals surface area (Å²) in [7, 11) is 0. The lowest BCUT2D eigenvalue weighted by Gasteiger charge is -2.00. The van der Waals surface area contributed by atoms with Crippen molar-refractivity contribution in [3.05, 3.63) is 40.1 Å². The maximum atomic E-state index is 5.29. The average molecular weight is 302 g/mol. The summed E-state index contributed by atoms with van der Waals surface area (Å²) in [5.74, 6) is 0.757. The van der Waals surface area contributed by atoms with Crippen LogP contribution in [0.1, 0.15) is 5.76 Å². The maximum absolute atomic E-state index is 5.29. The number of rotatable bonds is 3. The number of furan rings is 1. The minimum absolute atomic E-state index is 0.355. The Labute approximate surface area is 94.5 Å². The molecule has 2 rings (SSSR count). The van der Waals surface area contributed by atoms with E-state index in [4.69, 9.17) is 9.15 Å². The molecule has 2 heterocycles. The number of hydrogen-bond acceptors (Lipinski definition) is 4. The van der Waals surface area contributed by atoms with Gasteiger partial charge in [-0.05, 0) is 34.7 Å². The molecule has 0 atom stereocenters. The number of halogens is 1. The predicted octanol–water partition coefficient (Wildman–Crippen LogP) is 2.25. The number of nitrogens with zero attached hydrogens (tertiary/aromatic N) is 2. The smallest absolute Gasteiger partial charge is 0.316 e. The fourth-order valence-electron chi connectivity index (χ4n) is 0.905. The lowest BCUT2D eigenvalue weighted by molar-refractivity contribution is 0.250. The molecule has 0 fully saturated rings. The Balaban J connectivity index is 1.95. The molecule has 14 heavy (non-hydrogen) atoms. The molecule has 0 unspecified atom stereocenters. The molecule has 0 aliphatic heterocycles. The van der Waals surface area contributed by atoms with Gasteiger partial charge in [0, 0.05) is 16.0 Å². The van der Waals surface area contributed by atoms with Crippen molar-refractivity contribution < 1.29 is 9.15 Å². The third-order valence-corrected chi connectivity index (χ3v) is 2.08. The zero-order valence-electron chi connectivity index (χ0n) is 7.18. The van der Waals surface area contributed by atoms with Gasteiger partial charge in [0.15, 0.2) is 0 Å². The largest absolute Gasteiger partial charge is 0.466 e. The summed E-state index contributed by atoms with van der Waals surface area (Å²) >= 11 is 2.14. The second kappa shape index (κ2) is 4.41. The normalized spacial score (nSPS) is 10.1. The highest BCUT2D eigenvalue weighted by Gasteiger charge is 1.99. The molecule has 0 aliphatic rings. The van der Waals surface area contributed by atoms with Crippen molar-refractivity contribution in [3.63, 3.8) is 0 Å². The molecule has 4 nitrogen and oxygen atoms in total. The summed E-state index contributed by atoms with van der Waals surface area (Å²) in [6.45, 7) is 0.355. The summed E-state index contributed by atoms with van der Waals surface area (Å²) in [6.07, 6.45) is 5.00. The fraction of sp³-hybridized carbons (Fsp3) is 0.111. The first-order valence-corrected chi connectivity index (χ1v) is 5.05. The van der Waals surface area contributed by atoms with E-state index in [9.17, 15) is 0 Å². The Kier molecular flexibility index (Phi) is 2.97. The van der Waals surface area contributed by atoms with Gasteiger partial charge in [0.05, 0.1) is 6.26 Å². The van der Waals surface area contributed by atoms with E-state index < -0.39 is 0 Å². The molecule has 0 aliphatic carbocycles. The highest BCUT2D eigenvalue weighted by molar-refractivity contribution is 14.1. The van der Waals surface area contributed by atoms with Gasteiger partial charge in [-0.25, -0.2) is 9.97 Å². The summed E-state index contributed by atoms with van der Waals surface area (Å²) in [5.41, 5.74) is 0. The van der Waals surface area contributed by atoms with Crippen LogP contribution in [0.15, 0.2) is 35.2 Å². The minimum atomic E-state index is 0.355. The van der Waals surface area contributed by atoms with Gasteiger partial charge in [-0.2, -0.15) is 0 Å². The van der Waals surface area contributed by atoms with Gasteiger partial charge in [0.2, 0.25) is 0 Å². The van der Waals surface area contributed by atoms with Crippen molar-refractivity contribution in [2.45, 2.75) is 6.61 Å². The first kappa shape index (κ1) is 9.45. The summed E-state index contributed by atoms with van der Waals surface area (Å²) in [6, 6.07) is 4.02. The molecule has 0 amide bonds. The van der Waals surface area contributed by atoms with Gasteiger partial charge >= 0.3 is 6.01 Å². The van der Waals surface area contributed by atoms with Crippen LogP contribution < -0.4 is 4.74 Å². The molecule has 0 radical (unpaired) electrons. The monoisotopic (exact) mass is 302 g/mol. The van der Waals surface area contributed by atoms with Crippen molar-refractivity contribution in [2.24, 2.45) is 0 Å². The minimum Gasteiger partial charge on any atom is -0.466 e. The highest BCUT2D eigenvalue weighted by atomic mass is 127. The fourth-order valence-corrected chi connectivity index (χ4v) is 1.18. The standard InChI is InChI=1S/C9H7IN2O2/c10-7-4-11-9(12-5-7)14-6-8-2-1-3-13-8/h1-5H,6H2. The number of hydrogen-bond donors (Lipinski definition) is 0. The van der Waals surface area contributed by atoms with Crippen LogP contribution in [0.25, 0.3) is 0 Å². The molecule has 0 saturated carbocycles. The van der Waals surface area contributed by atoms with Gasteiger partial charge in [-0.15, -0.1) is 0 Å². The quantitative estimate of drug-likeness (QED) is 0.816. The van der Waals surface area contributed by atoms with Crippen molar-refractivity contribution in [1.29, 1.82) is 0 Å². The average Bonchev–Trinajstić information content (AvgIpc) is 2.70. The lowest BCUT2D eigenvalue weighted by Crippen LogP contribution is -1.98. The Morgan fingerprint density at radius 3 is 2.79 bits per heavy atom. The Morgan fingerprint density at radius 1 is 1.36 bits per heavy atom. The van der Waals surface area contributed by atoms with E-state index in [0.29, 0.717) is 12.6 Å². The molecule has 0 aromatic carbocycles. The molecule has 0 bridgehead atoms. The van der Waals surface area contributed by atoms with Crippen LogP contribution >= 0.6 is 22.6 Å². The van der Waals surface area contributed by atoms with E-state index in [-0.39, 0.29) is 0 Å². The molecule has 72 valence electrons. The van der Waals surface area contributed by atoms with Gasteiger partial charge < -0.3 is 9.15 Å². The van der Waals surface area contributed by atoms with Gasteiger partial charge in [0.25, 0.3) is 0 Å². The third kappa shape index (κ3) is 2.44. The summed E-state index contributed by atoms with van der Waals surface area (Å²) in [5, 5.41) is 0. The van der Waals surface area contributed by atoms with E-state index in [1.807, 2.05) is 12.1 Å². The summed E-state index contributed by atoms with van der Waals surface area (Å²) in [4.78, 5) is 7.99. The molecule has 0 N–H and O–H groups in total. The molecular formula is C9H7IN2O2. The van der Waals surface area contributed by atoms with Crippen LogP contribution in [0.5, 0.6) is 6.01 Å². The highest BCUT2D eigenvalue weighted by Crippen LogP contribution is 2.07. The van der Waals surface area contributed by atoms with Crippen molar-refractivity contribution in [1.82, 2.24) is 9.97 Å². The SMILES string of the molecule is Ic1cnc(OCc2ccco2)nc1. The van der Waals surface area contributed by atoms with Gasteiger partial charge in [0.1, 0.15) is 12.4 Å². The van der Waals surface area contributed by atoms with Crippen LogP contribution in [-0.2, 0) is 6.61 Å². The van der Waals surface area contributed by atoms with Crippen LogP contribution in [0.3, 0.4) is 0 Å². The lowest BCUT2D eigenvalue weighted by atomic mass is 10.5. The zero-order chi connectivity index (χ0) is 9.80. The van der Waals surface area contributed by atoms with Crippen molar-refractivity contribution in [2.75, 3.05) is 0 Å². The number of aromatic nitrogens is 2. The molecule has 5 heteroatoms. The van der Waals surface area contributed by atoms with Crippen LogP contribution in [0.2, 0.25) is 0 Å². The van der Waals surface area contributed by atoms with E-state index in [2.05, 4.69) is 32.6 Å². The van der Waals surface area contributed by atoms with Crippen molar-refractivity contribution in [3.8, 4) is 6.01 Å².